The van der Waals surface area contributed by atoms with Crippen molar-refractivity contribution in [3.8, 4) is 0 Å². The Labute approximate surface area is 149 Å². The molecule has 0 aromatic heterocycles. The van der Waals surface area contributed by atoms with E-state index in [-0.39, 0.29) is 29.2 Å². The number of carbonyl (C=O) groups excluding carboxylic acids is 1. The van der Waals surface area contributed by atoms with E-state index in [2.05, 4.69) is 5.32 Å². The molecule has 1 fully saturated rings. The second kappa shape index (κ2) is 7.10. The number of hydrogen-bond acceptors (Lipinski definition) is 4. The lowest BCUT2D eigenvalue weighted by molar-refractivity contribution is 0.102. The van der Waals surface area contributed by atoms with E-state index in [1.807, 2.05) is 0 Å². The van der Waals surface area contributed by atoms with Crippen LogP contribution in [0.3, 0.4) is 0 Å². The summed E-state index contributed by atoms with van der Waals surface area (Å²) in [6, 6.07) is 8.29. The number of nitrogens with zero attached hydrogens (tertiary/aromatic N) is 1. The molecule has 0 aliphatic carbocycles. The van der Waals surface area contributed by atoms with Crippen molar-refractivity contribution >= 4 is 21.6 Å². The molecule has 3 rings (SSSR count). The van der Waals surface area contributed by atoms with Crippen LogP contribution in [0, 0.1) is 11.6 Å². The molecule has 1 atom stereocenters. The normalized spacial score (nSPS) is 18.0. The van der Waals surface area contributed by atoms with Crippen LogP contribution in [0.1, 0.15) is 16.8 Å². The summed E-state index contributed by atoms with van der Waals surface area (Å²) in [6.45, 7) is 0.211. The van der Waals surface area contributed by atoms with Crippen LogP contribution in [-0.4, -0.2) is 42.9 Å². The lowest BCUT2D eigenvalue weighted by Crippen LogP contribution is -2.29. The van der Waals surface area contributed by atoms with E-state index in [0.29, 0.717) is 6.42 Å². The molecule has 0 saturated carbocycles. The van der Waals surface area contributed by atoms with Crippen LogP contribution < -0.4 is 5.32 Å². The van der Waals surface area contributed by atoms with Crippen LogP contribution in [0.2, 0.25) is 0 Å². The number of rotatable bonds is 4. The second-order valence-electron chi connectivity index (χ2n) is 5.92. The first-order chi connectivity index (χ1) is 12.3. The average molecular weight is 382 g/mol. The van der Waals surface area contributed by atoms with Gasteiger partial charge in [0.25, 0.3) is 5.91 Å². The molecule has 1 aliphatic rings. The number of carbonyl (C=O) groups is 1. The molecule has 1 amide bonds. The van der Waals surface area contributed by atoms with Gasteiger partial charge in [-0.15, -0.1) is 0 Å². The molecule has 26 heavy (non-hydrogen) atoms. The zero-order chi connectivity index (χ0) is 18.9. The predicted octanol–water partition coefficient (Wildman–Crippen LogP) is 1.97. The molecule has 0 radical (unpaired) electrons. The number of hydrogen-bond donors (Lipinski definition) is 2. The summed E-state index contributed by atoms with van der Waals surface area (Å²) in [7, 11) is -3.83. The fourth-order valence-corrected chi connectivity index (χ4v) is 4.19. The molecule has 0 spiro atoms. The number of aliphatic hydroxyl groups excluding tert-OH is 1. The minimum Gasteiger partial charge on any atom is -0.392 e. The number of aliphatic hydroxyl groups is 1. The molecule has 6 nitrogen and oxygen atoms in total. The van der Waals surface area contributed by atoms with Gasteiger partial charge in [-0.25, -0.2) is 17.2 Å². The highest BCUT2D eigenvalue weighted by molar-refractivity contribution is 7.89. The highest BCUT2D eigenvalue weighted by Crippen LogP contribution is 2.22. The van der Waals surface area contributed by atoms with Crippen LogP contribution in [0.15, 0.2) is 47.4 Å². The van der Waals surface area contributed by atoms with Gasteiger partial charge in [0.05, 0.1) is 11.0 Å². The Morgan fingerprint density at radius 3 is 2.58 bits per heavy atom. The van der Waals surface area contributed by atoms with E-state index >= 15 is 0 Å². The number of sulfonamides is 1. The lowest BCUT2D eigenvalue weighted by atomic mass is 10.2. The summed E-state index contributed by atoms with van der Waals surface area (Å²) in [5, 5.41) is 11.9. The molecule has 9 heteroatoms. The number of benzene rings is 2. The summed E-state index contributed by atoms with van der Waals surface area (Å²) in [4.78, 5) is 12.2. The zero-order valence-corrected chi connectivity index (χ0v) is 14.3. The number of anilines is 1. The van der Waals surface area contributed by atoms with Gasteiger partial charge < -0.3 is 10.4 Å². The van der Waals surface area contributed by atoms with Crippen LogP contribution in [0.25, 0.3) is 0 Å². The van der Waals surface area contributed by atoms with Gasteiger partial charge in [-0.2, -0.15) is 4.31 Å². The third kappa shape index (κ3) is 3.74. The van der Waals surface area contributed by atoms with Crippen molar-refractivity contribution in [3.63, 3.8) is 0 Å². The van der Waals surface area contributed by atoms with Crippen LogP contribution in [-0.2, 0) is 10.0 Å². The fraction of sp³-hybridized carbons (Fsp3) is 0.235. The van der Waals surface area contributed by atoms with Crippen molar-refractivity contribution in [2.24, 2.45) is 0 Å². The van der Waals surface area contributed by atoms with Crippen molar-refractivity contribution in [2.75, 3.05) is 18.4 Å². The number of halogens is 2. The maximum absolute atomic E-state index is 13.2. The second-order valence-corrected chi connectivity index (χ2v) is 7.85. The molecule has 2 N–H and O–H groups in total. The lowest BCUT2D eigenvalue weighted by Gasteiger charge is -2.16. The van der Waals surface area contributed by atoms with Crippen molar-refractivity contribution in [1.82, 2.24) is 4.31 Å². The monoisotopic (exact) mass is 382 g/mol. The van der Waals surface area contributed by atoms with Crippen molar-refractivity contribution in [1.29, 1.82) is 0 Å². The van der Waals surface area contributed by atoms with E-state index < -0.39 is 33.7 Å². The van der Waals surface area contributed by atoms with E-state index in [1.54, 1.807) is 0 Å². The van der Waals surface area contributed by atoms with Gasteiger partial charge in [0.15, 0.2) is 11.6 Å². The van der Waals surface area contributed by atoms with E-state index in [0.717, 1.165) is 16.4 Å². The minimum absolute atomic E-state index is 0.00755. The molecule has 2 aromatic rings. The number of nitrogens with one attached hydrogen (secondary N) is 1. The first-order valence-electron chi connectivity index (χ1n) is 7.82. The summed E-state index contributed by atoms with van der Waals surface area (Å²) >= 11 is 0. The molecular weight excluding hydrogens is 366 g/mol. The Morgan fingerprint density at radius 2 is 1.92 bits per heavy atom. The molecule has 2 aromatic carbocycles. The van der Waals surface area contributed by atoms with Gasteiger partial charge in [0.1, 0.15) is 0 Å². The van der Waals surface area contributed by atoms with Crippen LogP contribution >= 0.6 is 0 Å². The first kappa shape index (κ1) is 18.4. The topological polar surface area (TPSA) is 86.7 Å². The SMILES string of the molecule is O=C(Nc1ccc(F)c(F)c1)c1cccc(S(=O)(=O)N2CCC(O)C2)c1. The predicted molar refractivity (Wildman–Crippen MR) is 90.1 cm³/mol. The Kier molecular flexibility index (Phi) is 5.03. The Balaban J connectivity index is 1.82. The summed E-state index contributed by atoms with van der Waals surface area (Å²) < 4.78 is 52.5. The van der Waals surface area contributed by atoms with Crippen molar-refractivity contribution < 1.29 is 27.1 Å². The third-order valence-electron chi connectivity index (χ3n) is 4.04. The van der Waals surface area contributed by atoms with Gasteiger partial charge in [-0.3, -0.25) is 4.79 Å². The van der Waals surface area contributed by atoms with Gasteiger partial charge in [-0.1, -0.05) is 6.07 Å². The molecule has 1 heterocycles. The first-order valence-corrected chi connectivity index (χ1v) is 9.26. The minimum atomic E-state index is -3.83. The molecule has 138 valence electrons. The Morgan fingerprint density at radius 1 is 1.15 bits per heavy atom. The molecule has 0 bridgehead atoms. The van der Waals surface area contributed by atoms with E-state index in [1.165, 1.54) is 30.3 Å². The zero-order valence-electron chi connectivity index (χ0n) is 13.5. The quantitative estimate of drug-likeness (QED) is 0.847. The van der Waals surface area contributed by atoms with Gasteiger partial charge >= 0.3 is 0 Å². The number of amides is 1. The summed E-state index contributed by atoms with van der Waals surface area (Å²) in [5.41, 5.74) is 0.0976. The maximum atomic E-state index is 13.2. The summed E-state index contributed by atoms with van der Waals surface area (Å²) in [6.07, 6.45) is -0.347. The largest absolute Gasteiger partial charge is 0.392 e. The van der Waals surface area contributed by atoms with Gasteiger partial charge in [0.2, 0.25) is 10.0 Å². The highest BCUT2D eigenvalue weighted by Gasteiger charge is 2.31. The maximum Gasteiger partial charge on any atom is 0.255 e. The molecule has 1 saturated heterocycles. The van der Waals surface area contributed by atoms with E-state index in [4.69, 9.17) is 0 Å². The van der Waals surface area contributed by atoms with Gasteiger partial charge in [0, 0.05) is 30.4 Å². The average Bonchev–Trinajstić information content (AvgIpc) is 3.05. The Hall–Kier alpha value is -2.36. The summed E-state index contributed by atoms with van der Waals surface area (Å²) in [5.74, 6) is -2.80. The molecule has 1 aliphatic heterocycles. The van der Waals surface area contributed by atoms with Crippen LogP contribution in [0.4, 0.5) is 14.5 Å². The van der Waals surface area contributed by atoms with E-state index in [9.17, 15) is 27.1 Å². The highest BCUT2D eigenvalue weighted by atomic mass is 32.2. The molecular formula is C17H16F2N2O4S. The fourth-order valence-electron chi connectivity index (χ4n) is 2.65. The van der Waals surface area contributed by atoms with Gasteiger partial charge in [-0.05, 0) is 36.8 Å². The van der Waals surface area contributed by atoms with Crippen LogP contribution in [0.5, 0.6) is 0 Å². The van der Waals surface area contributed by atoms with Crippen molar-refractivity contribution in [3.05, 3.63) is 59.7 Å². The Bertz CT molecular complexity index is 950. The number of β-amino-alcohol motifs (C(OH)–C–C–N with tert-alkyl or cyclic N) is 1. The third-order valence-corrected chi connectivity index (χ3v) is 5.90. The van der Waals surface area contributed by atoms with Crippen molar-refractivity contribution in [2.45, 2.75) is 17.4 Å². The standard InChI is InChI=1S/C17H16F2N2O4S/c18-15-5-4-12(9-16(15)19)20-17(23)11-2-1-3-14(8-11)26(24,25)21-7-6-13(22)10-21/h1-5,8-9,13,22H,6-7,10H2,(H,20,23). The smallest absolute Gasteiger partial charge is 0.255 e. The molecule has 1 unspecified atom stereocenters.